The van der Waals surface area contributed by atoms with Gasteiger partial charge in [0.2, 0.25) is 0 Å². The van der Waals surface area contributed by atoms with Gasteiger partial charge in [-0.25, -0.2) is 4.79 Å². The summed E-state index contributed by atoms with van der Waals surface area (Å²) in [6.07, 6.45) is -0.109. The van der Waals surface area contributed by atoms with Gasteiger partial charge in [-0.3, -0.25) is 9.59 Å². The Morgan fingerprint density at radius 3 is 2.38 bits per heavy atom. The van der Waals surface area contributed by atoms with Crippen LogP contribution in [0, 0.1) is 11.3 Å². The number of benzene rings is 1. The predicted octanol–water partition coefficient (Wildman–Crippen LogP) is 2.34. The third-order valence-corrected chi connectivity index (χ3v) is 2.89. The largest absolute Gasteiger partial charge is 0.456 e. The van der Waals surface area contributed by atoms with Gasteiger partial charge in [-0.1, -0.05) is 0 Å². The highest BCUT2D eigenvalue weighted by Gasteiger charge is 2.15. The second-order valence-corrected chi connectivity index (χ2v) is 6.43. The Labute approximate surface area is 152 Å². The monoisotopic (exact) mass is 361 g/mol. The molecule has 0 heterocycles. The lowest BCUT2D eigenvalue weighted by molar-refractivity contribution is -0.147. The van der Waals surface area contributed by atoms with E-state index in [1.807, 2.05) is 6.07 Å². The Balaban J connectivity index is 2.18. The molecule has 0 aromatic heterocycles. The molecule has 1 aromatic rings. The van der Waals surface area contributed by atoms with Crippen molar-refractivity contribution in [1.29, 1.82) is 5.26 Å². The van der Waals surface area contributed by atoms with Crippen molar-refractivity contribution in [2.45, 2.75) is 39.2 Å². The number of hydrogen-bond donors (Lipinski definition) is 2. The standard InChI is InChI=1S/C18H23N3O5/c1-18(2,3)26-17(24)20-10-4-5-16(23)25-12-15(22)21-14-8-6-13(11-19)7-9-14/h6-9H,4-5,10,12H2,1-3H3,(H,20,24)(H,21,22). The maximum absolute atomic E-state index is 11.7. The normalized spacial score (nSPS) is 10.4. The molecule has 0 radical (unpaired) electrons. The van der Waals surface area contributed by atoms with Crippen LogP contribution in [-0.2, 0) is 19.1 Å². The molecule has 26 heavy (non-hydrogen) atoms. The van der Waals surface area contributed by atoms with Crippen molar-refractivity contribution in [3.8, 4) is 6.07 Å². The van der Waals surface area contributed by atoms with Crippen molar-refractivity contribution in [2.24, 2.45) is 0 Å². The zero-order valence-corrected chi connectivity index (χ0v) is 15.1. The van der Waals surface area contributed by atoms with E-state index in [9.17, 15) is 14.4 Å². The Morgan fingerprint density at radius 2 is 1.81 bits per heavy atom. The number of nitrogens with zero attached hydrogens (tertiary/aromatic N) is 1. The lowest BCUT2D eigenvalue weighted by Crippen LogP contribution is -2.33. The third-order valence-electron chi connectivity index (χ3n) is 2.89. The van der Waals surface area contributed by atoms with Gasteiger partial charge in [-0.05, 0) is 51.5 Å². The van der Waals surface area contributed by atoms with Crippen molar-refractivity contribution in [2.75, 3.05) is 18.5 Å². The van der Waals surface area contributed by atoms with E-state index in [-0.39, 0.29) is 13.0 Å². The van der Waals surface area contributed by atoms with Gasteiger partial charge >= 0.3 is 12.1 Å². The lowest BCUT2D eigenvalue weighted by Gasteiger charge is -2.19. The number of ether oxygens (including phenoxy) is 2. The molecule has 0 saturated carbocycles. The zero-order valence-electron chi connectivity index (χ0n) is 15.1. The molecule has 8 heteroatoms. The van der Waals surface area contributed by atoms with Crippen LogP contribution in [0.1, 0.15) is 39.2 Å². The summed E-state index contributed by atoms with van der Waals surface area (Å²) in [4.78, 5) is 34.7. The molecule has 1 rings (SSSR count). The molecule has 0 saturated heterocycles. The fraction of sp³-hybridized carbons (Fsp3) is 0.444. The number of anilines is 1. The molecule has 8 nitrogen and oxygen atoms in total. The van der Waals surface area contributed by atoms with Gasteiger partial charge in [-0.15, -0.1) is 0 Å². The molecule has 0 bridgehead atoms. The Hall–Kier alpha value is -3.08. The highest BCUT2D eigenvalue weighted by molar-refractivity contribution is 5.92. The molecule has 2 amide bonds. The quantitative estimate of drug-likeness (QED) is 0.568. The van der Waals surface area contributed by atoms with Gasteiger partial charge in [0.25, 0.3) is 5.91 Å². The van der Waals surface area contributed by atoms with Gasteiger partial charge in [0.05, 0.1) is 11.6 Å². The van der Waals surface area contributed by atoms with Crippen molar-refractivity contribution in [3.63, 3.8) is 0 Å². The van der Waals surface area contributed by atoms with E-state index in [1.54, 1.807) is 45.0 Å². The second kappa shape index (κ2) is 10.0. The van der Waals surface area contributed by atoms with Crippen LogP contribution in [0.15, 0.2) is 24.3 Å². The van der Waals surface area contributed by atoms with E-state index in [0.29, 0.717) is 17.7 Å². The topological polar surface area (TPSA) is 118 Å². The van der Waals surface area contributed by atoms with Gasteiger partial charge in [0.15, 0.2) is 6.61 Å². The predicted molar refractivity (Wildman–Crippen MR) is 94.2 cm³/mol. The summed E-state index contributed by atoms with van der Waals surface area (Å²) in [6.45, 7) is 5.13. The summed E-state index contributed by atoms with van der Waals surface area (Å²) in [7, 11) is 0. The van der Waals surface area contributed by atoms with Crippen LogP contribution in [0.3, 0.4) is 0 Å². The zero-order chi connectivity index (χ0) is 19.6. The first-order chi connectivity index (χ1) is 12.2. The van der Waals surface area contributed by atoms with E-state index < -0.39 is 30.2 Å². The number of amides is 2. The fourth-order valence-electron chi connectivity index (χ4n) is 1.78. The Bertz CT molecular complexity index is 672. The molecular weight excluding hydrogens is 338 g/mol. The molecule has 1 aromatic carbocycles. The average Bonchev–Trinajstić information content (AvgIpc) is 2.56. The highest BCUT2D eigenvalue weighted by Crippen LogP contribution is 2.09. The highest BCUT2D eigenvalue weighted by atomic mass is 16.6. The average molecular weight is 361 g/mol. The first-order valence-corrected chi connectivity index (χ1v) is 8.12. The van der Waals surface area contributed by atoms with E-state index in [0.717, 1.165) is 0 Å². The number of carbonyl (C=O) groups excluding carboxylic acids is 3. The Morgan fingerprint density at radius 1 is 1.15 bits per heavy atom. The maximum atomic E-state index is 11.7. The molecule has 140 valence electrons. The van der Waals surface area contributed by atoms with Gasteiger partial charge in [0.1, 0.15) is 5.60 Å². The van der Waals surface area contributed by atoms with Crippen LogP contribution < -0.4 is 10.6 Å². The van der Waals surface area contributed by atoms with Crippen LogP contribution in [0.2, 0.25) is 0 Å². The summed E-state index contributed by atoms with van der Waals surface area (Å²) in [6, 6.07) is 8.28. The summed E-state index contributed by atoms with van der Waals surface area (Å²) in [5.41, 5.74) is 0.409. The van der Waals surface area contributed by atoms with Crippen molar-refractivity contribution in [1.82, 2.24) is 5.32 Å². The molecule has 0 aliphatic rings. The van der Waals surface area contributed by atoms with Gasteiger partial charge in [-0.2, -0.15) is 5.26 Å². The smallest absolute Gasteiger partial charge is 0.407 e. The number of nitrogens with one attached hydrogen (secondary N) is 2. The van der Waals surface area contributed by atoms with Crippen LogP contribution in [0.5, 0.6) is 0 Å². The first-order valence-electron chi connectivity index (χ1n) is 8.12. The number of alkyl carbamates (subject to hydrolysis) is 1. The number of nitriles is 1. The molecule has 0 atom stereocenters. The van der Waals surface area contributed by atoms with E-state index in [1.165, 1.54) is 0 Å². The van der Waals surface area contributed by atoms with Crippen molar-refractivity contribution in [3.05, 3.63) is 29.8 Å². The fourth-order valence-corrected chi connectivity index (χ4v) is 1.78. The third kappa shape index (κ3) is 9.27. The minimum atomic E-state index is -0.578. The number of hydrogen-bond acceptors (Lipinski definition) is 6. The number of carbonyl (C=O) groups is 3. The molecular formula is C18H23N3O5. The van der Waals surface area contributed by atoms with E-state index in [2.05, 4.69) is 10.6 Å². The van der Waals surface area contributed by atoms with Crippen LogP contribution >= 0.6 is 0 Å². The van der Waals surface area contributed by atoms with E-state index in [4.69, 9.17) is 14.7 Å². The molecule has 0 aliphatic heterocycles. The molecule has 0 unspecified atom stereocenters. The van der Waals surface area contributed by atoms with Gasteiger partial charge in [0, 0.05) is 18.7 Å². The van der Waals surface area contributed by atoms with Gasteiger partial charge < -0.3 is 20.1 Å². The number of rotatable bonds is 7. The van der Waals surface area contributed by atoms with E-state index >= 15 is 0 Å². The molecule has 0 aliphatic carbocycles. The summed E-state index contributed by atoms with van der Waals surface area (Å²) >= 11 is 0. The number of esters is 1. The maximum Gasteiger partial charge on any atom is 0.407 e. The minimum Gasteiger partial charge on any atom is -0.456 e. The SMILES string of the molecule is CC(C)(C)OC(=O)NCCCC(=O)OCC(=O)Nc1ccc(C#N)cc1. The van der Waals surface area contributed by atoms with Crippen LogP contribution in [0.4, 0.5) is 10.5 Å². The minimum absolute atomic E-state index is 0.0694. The lowest BCUT2D eigenvalue weighted by atomic mass is 10.2. The van der Waals surface area contributed by atoms with Crippen molar-refractivity contribution < 1.29 is 23.9 Å². The summed E-state index contributed by atoms with van der Waals surface area (Å²) in [5.74, 6) is -1.01. The molecule has 2 N–H and O–H groups in total. The summed E-state index contributed by atoms with van der Waals surface area (Å²) < 4.78 is 9.92. The van der Waals surface area contributed by atoms with Crippen molar-refractivity contribution >= 4 is 23.7 Å². The molecule has 0 spiro atoms. The molecule has 0 fully saturated rings. The van der Waals surface area contributed by atoms with Crippen LogP contribution in [-0.4, -0.2) is 36.7 Å². The van der Waals surface area contributed by atoms with Crippen LogP contribution in [0.25, 0.3) is 0 Å². The second-order valence-electron chi connectivity index (χ2n) is 6.43. The first kappa shape index (κ1) is 21.0. The summed E-state index contributed by atoms with van der Waals surface area (Å²) in [5, 5.41) is 13.8. The Kier molecular flexibility index (Phi) is 8.09.